The minimum absolute atomic E-state index is 0.0368. The van der Waals surface area contributed by atoms with Gasteiger partial charge in [0, 0.05) is 35.6 Å². The van der Waals surface area contributed by atoms with Crippen LogP contribution in [0, 0.1) is 9.85 Å². The first-order valence-electron chi connectivity index (χ1n) is 4.25. The van der Waals surface area contributed by atoms with Crippen molar-refractivity contribution in [1.82, 2.24) is 0 Å². The summed E-state index contributed by atoms with van der Waals surface area (Å²) in [6, 6.07) is 0. The Hall–Kier alpha value is 0.210. The van der Waals surface area contributed by atoms with E-state index in [4.69, 9.17) is 9.47 Å². The van der Waals surface area contributed by atoms with Crippen LogP contribution in [0.15, 0.2) is 0 Å². The Labute approximate surface area is 87.1 Å². The second kappa shape index (κ2) is 6.70. The average Bonchev–Trinajstić information content (AvgIpc) is 2.14. The molecule has 0 aliphatic carbocycles. The third kappa shape index (κ3) is 4.29. The van der Waals surface area contributed by atoms with Crippen LogP contribution in [-0.4, -0.2) is 19.5 Å². The quantitative estimate of drug-likeness (QED) is 0.449. The molecule has 1 heterocycles. The molecule has 1 unspecified atom stereocenters. The van der Waals surface area contributed by atoms with Gasteiger partial charge in [0.05, 0.1) is 6.61 Å². The van der Waals surface area contributed by atoms with Gasteiger partial charge >= 0.3 is 0 Å². The van der Waals surface area contributed by atoms with Gasteiger partial charge in [0.15, 0.2) is 6.29 Å². The van der Waals surface area contributed by atoms with Crippen molar-refractivity contribution in [3.05, 3.63) is 0 Å². The summed E-state index contributed by atoms with van der Waals surface area (Å²) in [5, 5.41) is 0. The van der Waals surface area contributed by atoms with E-state index in [1.54, 1.807) is 0 Å². The van der Waals surface area contributed by atoms with Crippen molar-refractivity contribution in [1.29, 1.82) is 0 Å². The molecular formula is C9H13IO2. The first-order chi connectivity index (χ1) is 5.93. The summed E-state index contributed by atoms with van der Waals surface area (Å²) in [6.45, 7) is 1.54. The number of ether oxygens (including phenoxy) is 2. The first kappa shape index (κ1) is 10.3. The van der Waals surface area contributed by atoms with E-state index in [1.807, 2.05) is 22.6 Å². The molecule has 0 N–H and O–H groups in total. The molecule has 0 bridgehead atoms. The van der Waals surface area contributed by atoms with Crippen molar-refractivity contribution in [2.45, 2.75) is 32.0 Å². The molecule has 1 rings (SSSR count). The van der Waals surface area contributed by atoms with E-state index in [9.17, 15) is 0 Å². The Morgan fingerprint density at radius 2 is 2.42 bits per heavy atom. The molecule has 0 aromatic rings. The smallest absolute Gasteiger partial charge is 0.157 e. The van der Waals surface area contributed by atoms with Crippen LogP contribution in [0.1, 0.15) is 25.7 Å². The monoisotopic (exact) mass is 280 g/mol. The summed E-state index contributed by atoms with van der Waals surface area (Å²) in [6.07, 6.45) is 4.28. The number of hydrogen-bond acceptors (Lipinski definition) is 2. The van der Waals surface area contributed by atoms with Crippen LogP contribution < -0.4 is 0 Å². The van der Waals surface area contributed by atoms with Gasteiger partial charge in [-0.2, -0.15) is 0 Å². The maximum absolute atomic E-state index is 5.46. The predicted octanol–water partition coefficient (Wildman–Crippen LogP) is 2.32. The Bertz CT molecular complexity index is 165. The lowest BCUT2D eigenvalue weighted by atomic mass is 10.2. The van der Waals surface area contributed by atoms with E-state index in [0.717, 1.165) is 19.4 Å². The van der Waals surface area contributed by atoms with Crippen molar-refractivity contribution in [2.24, 2.45) is 0 Å². The van der Waals surface area contributed by atoms with E-state index < -0.39 is 0 Å². The van der Waals surface area contributed by atoms with Gasteiger partial charge in [-0.1, -0.05) is 5.92 Å². The number of hydrogen-bond donors (Lipinski definition) is 0. The fourth-order valence-electron chi connectivity index (χ4n) is 1.13. The second-order valence-corrected chi connectivity index (χ2v) is 3.23. The second-order valence-electron chi connectivity index (χ2n) is 2.69. The van der Waals surface area contributed by atoms with Crippen LogP contribution in [0.2, 0.25) is 0 Å². The van der Waals surface area contributed by atoms with Crippen LogP contribution in [0.25, 0.3) is 0 Å². The Kier molecular flexibility index (Phi) is 5.74. The van der Waals surface area contributed by atoms with E-state index in [2.05, 4.69) is 9.85 Å². The van der Waals surface area contributed by atoms with Gasteiger partial charge in [-0.05, 0) is 23.2 Å². The molecule has 1 aliphatic heterocycles. The standard InChI is InChI=1S/C9H13IO2/c10-6-2-4-8-12-9-5-1-3-7-11-9/h9H,1,3-5,7-8H2. The lowest BCUT2D eigenvalue weighted by Crippen LogP contribution is -2.22. The minimum atomic E-state index is 0.0368. The van der Waals surface area contributed by atoms with Gasteiger partial charge in [-0.25, -0.2) is 0 Å². The molecule has 1 atom stereocenters. The molecule has 0 radical (unpaired) electrons. The zero-order valence-corrected chi connectivity index (χ0v) is 9.17. The van der Waals surface area contributed by atoms with Crippen LogP contribution in [0.5, 0.6) is 0 Å². The molecule has 1 fully saturated rings. The van der Waals surface area contributed by atoms with Crippen LogP contribution in [-0.2, 0) is 9.47 Å². The molecule has 0 spiro atoms. The number of rotatable bonds is 3. The molecule has 2 nitrogen and oxygen atoms in total. The van der Waals surface area contributed by atoms with Gasteiger partial charge < -0.3 is 9.47 Å². The summed E-state index contributed by atoms with van der Waals surface area (Å²) in [5.74, 6) is 2.94. The summed E-state index contributed by atoms with van der Waals surface area (Å²) < 4.78 is 13.6. The molecule has 0 saturated carbocycles. The lowest BCUT2D eigenvalue weighted by molar-refractivity contribution is -0.161. The highest BCUT2D eigenvalue weighted by atomic mass is 127. The fraction of sp³-hybridized carbons (Fsp3) is 0.778. The Morgan fingerprint density at radius 1 is 1.50 bits per heavy atom. The van der Waals surface area contributed by atoms with Crippen molar-refractivity contribution in [3.8, 4) is 9.85 Å². The van der Waals surface area contributed by atoms with Crippen molar-refractivity contribution in [2.75, 3.05) is 13.2 Å². The summed E-state index contributed by atoms with van der Waals surface area (Å²) in [4.78, 5) is 0. The van der Waals surface area contributed by atoms with Crippen LogP contribution in [0.3, 0.4) is 0 Å². The maximum Gasteiger partial charge on any atom is 0.157 e. The van der Waals surface area contributed by atoms with E-state index in [-0.39, 0.29) is 6.29 Å². The van der Waals surface area contributed by atoms with E-state index in [1.165, 1.54) is 12.8 Å². The van der Waals surface area contributed by atoms with Crippen molar-refractivity contribution < 1.29 is 9.47 Å². The third-order valence-electron chi connectivity index (χ3n) is 1.74. The van der Waals surface area contributed by atoms with Crippen molar-refractivity contribution >= 4 is 22.6 Å². The summed E-state index contributed by atoms with van der Waals surface area (Å²) in [7, 11) is 0. The molecule has 12 heavy (non-hydrogen) atoms. The highest BCUT2D eigenvalue weighted by molar-refractivity contribution is 14.1. The number of halogens is 1. The van der Waals surface area contributed by atoms with Gasteiger partial charge in [0.2, 0.25) is 0 Å². The molecule has 1 saturated heterocycles. The van der Waals surface area contributed by atoms with Gasteiger partial charge in [0.25, 0.3) is 0 Å². The third-order valence-corrected chi connectivity index (χ3v) is 2.12. The average molecular weight is 280 g/mol. The fourth-order valence-corrected chi connectivity index (χ4v) is 1.40. The molecule has 0 aromatic carbocycles. The summed E-state index contributed by atoms with van der Waals surface area (Å²) >= 11 is 2.03. The zero-order chi connectivity index (χ0) is 8.65. The molecule has 0 aromatic heterocycles. The van der Waals surface area contributed by atoms with Gasteiger partial charge in [-0.15, -0.1) is 0 Å². The molecule has 3 heteroatoms. The highest BCUT2D eigenvalue weighted by Crippen LogP contribution is 2.13. The minimum Gasteiger partial charge on any atom is -0.353 e. The van der Waals surface area contributed by atoms with Gasteiger partial charge in [0.1, 0.15) is 0 Å². The predicted molar refractivity (Wildman–Crippen MR) is 56.0 cm³/mol. The topological polar surface area (TPSA) is 18.5 Å². The molecule has 0 amide bonds. The highest BCUT2D eigenvalue weighted by Gasteiger charge is 2.12. The normalized spacial score (nSPS) is 22.9. The van der Waals surface area contributed by atoms with Crippen LogP contribution >= 0.6 is 22.6 Å². The SMILES string of the molecule is IC#CCCOC1CCCCO1. The first-order valence-corrected chi connectivity index (χ1v) is 5.33. The van der Waals surface area contributed by atoms with E-state index >= 15 is 0 Å². The maximum atomic E-state index is 5.46. The molecule has 1 aliphatic rings. The van der Waals surface area contributed by atoms with Gasteiger partial charge in [-0.3, -0.25) is 0 Å². The molecule has 68 valence electrons. The summed E-state index contributed by atoms with van der Waals surface area (Å²) in [5.41, 5.74) is 0. The lowest BCUT2D eigenvalue weighted by Gasteiger charge is -2.22. The molecular weight excluding hydrogens is 267 g/mol. The Balaban J connectivity index is 2.00. The zero-order valence-electron chi connectivity index (χ0n) is 7.01. The van der Waals surface area contributed by atoms with Crippen molar-refractivity contribution in [3.63, 3.8) is 0 Å². The Morgan fingerprint density at radius 3 is 3.08 bits per heavy atom. The largest absolute Gasteiger partial charge is 0.353 e. The van der Waals surface area contributed by atoms with E-state index in [0.29, 0.717) is 6.61 Å². The van der Waals surface area contributed by atoms with Crippen LogP contribution in [0.4, 0.5) is 0 Å².